The lowest BCUT2D eigenvalue weighted by atomic mass is 9.74. The first-order chi connectivity index (χ1) is 7.10. The molecule has 1 rings (SSSR count). The summed E-state index contributed by atoms with van der Waals surface area (Å²) in [7, 11) is 0. The minimum atomic E-state index is 0.376. The summed E-state index contributed by atoms with van der Waals surface area (Å²) in [6.45, 7) is 8.76. The molecule has 0 aromatic heterocycles. The first-order valence-corrected chi connectivity index (χ1v) is 5.97. The highest BCUT2D eigenvalue weighted by atomic mass is 16.4. The van der Waals surface area contributed by atoms with Crippen LogP contribution in [0.3, 0.4) is 0 Å². The van der Waals surface area contributed by atoms with Crippen molar-refractivity contribution in [2.45, 2.75) is 47.0 Å². The molecule has 15 heavy (non-hydrogen) atoms. The smallest absolute Gasteiger partial charge is 0.0639 e. The van der Waals surface area contributed by atoms with Crippen molar-refractivity contribution >= 4 is 5.71 Å². The van der Waals surface area contributed by atoms with Crippen molar-refractivity contribution in [3.63, 3.8) is 0 Å². The summed E-state index contributed by atoms with van der Waals surface area (Å²) in [6, 6.07) is 0. The largest absolute Gasteiger partial charge is 0.411 e. The van der Waals surface area contributed by atoms with Crippen LogP contribution < -0.4 is 0 Å². The van der Waals surface area contributed by atoms with Crippen LogP contribution in [0.1, 0.15) is 47.0 Å². The van der Waals surface area contributed by atoms with Crippen molar-refractivity contribution in [2.24, 2.45) is 22.9 Å². The Morgan fingerprint density at radius 3 is 2.73 bits per heavy atom. The molecule has 1 aliphatic carbocycles. The zero-order chi connectivity index (χ0) is 11.4. The first-order valence-electron chi connectivity index (χ1n) is 5.97. The van der Waals surface area contributed by atoms with E-state index in [2.05, 4.69) is 38.9 Å². The van der Waals surface area contributed by atoms with Gasteiger partial charge in [-0.3, -0.25) is 0 Å². The van der Waals surface area contributed by atoms with Gasteiger partial charge in [0.2, 0.25) is 0 Å². The van der Waals surface area contributed by atoms with Gasteiger partial charge in [-0.1, -0.05) is 37.6 Å². The van der Waals surface area contributed by atoms with Gasteiger partial charge in [-0.2, -0.15) is 0 Å². The van der Waals surface area contributed by atoms with Crippen LogP contribution in [0, 0.1) is 17.8 Å². The number of oxime groups is 1. The number of nitrogens with zero attached hydrogens (tertiary/aromatic N) is 1. The van der Waals surface area contributed by atoms with E-state index >= 15 is 0 Å². The summed E-state index contributed by atoms with van der Waals surface area (Å²) in [5.74, 6) is 1.83. The fraction of sp³-hybridized carbons (Fsp3) is 0.769. The molecule has 86 valence electrons. The summed E-state index contributed by atoms with van der Waals surface area (Å²) in [6.07, 6.45) is 5.49. The third-order valence-electron chi connectivity index (χ3n) is 3.67. The average Bonchev–Trinajstić information content (AvgIpc) is 2.22. The van der Waals surface area contributed by atoms with Gasteiger partial charge >= 0.3 is 0 Å². The molecule has 0 saturated carbocycles. The molecule has 1 aliphatic rings. The van der Waals surface area contributed by atoms with E-state index in [1.54, 1.807) is 0 Å². The van der Waals surface area contributed by atoms with Crippen LogP contribution in [0.25, 0.3) is 0 Å². The summed E-state index contributed by atoms with van der Waals surface area (Å²) < 4.78 is 0. The molecule has 0 bridgehead atoms. The lowest BCUT2D eigenvalue weighted by molar-refractivity contribution is 0.300. The Kier molecular flexibility index (Phi) is 4.37. The second-order valence-corrected chi connectivity index (χ2v) is 4.92. The van der Waals surface area contributed by atoms with Gasteiger partial charge in [0.1, 0.15) is 0 Å². The Bertz CT molecular complexity index is 266. The van der Waals surface area contributed by atoms with Gasteiger partial charge in [-0.05, 0) is 38.0 Å². The van der Waals surface area contributed by atoms with Gasteiger partial charge < -0.3 is 5.21 Å². The monoisotopic (exact) mass is 209 g/mol. The van der Waals surface area contributed by atoms with Gasteiger partial charge in [-0.25, -0.2) is 0 Å². The normalized spacial score (nSPS) is 28.1. The number of rotatable bonds is 3. The van der Waals surface area contributed by atoms with Gasteiger partial charge in [0.15, 0.2) is 0 Å². The molecule has 0 heterocycles. The molecule has 0 aromatic rings. The molecule has 0 aliphatic heterocycles. The van der Waals surface area contributed by atoms with Crippen molar-refractivity contribution in [3.05, 3.63) is 11.6 Å². The molecule has 1 N–H and O–H groups in total. The van der Waals surface area contributed by atoms with Crippen molar-refractivity contribution in [3.8, 4) is 0 Å². The molecular formula is C13H23NO. The van der Waals surface area contributed by atoms with E-state index in [1.165, 1.54) is 12.0 Å². The maximum atomic E-state index is 8.98. The van der Waals surface area contributed by atoms with Gasteiger partial charge in [0.25, 0.3) is 0 Å². The topological polar surface area (TPSA) is 32.6 Å². The van der Waals surface area contributed by atoms with Crippen LogP contribution in [0.15, 0.2) is 16.8 Å². The predicted molar refractivity (Wildman–Crippen MR) is 64.3 cm³/mol. The van der Waals surface area contributed by atoms with E-state index in [0.29, 0.717) is 11.8 Å². The summed E-state index contributed by atoms with van der Waals surface area (Å²) in [5.41, 5.74) is 2.32. The van der Waals surface area contributed by atoms with E-state index in [1.807, 2.05) is 0 Å². The minimum Gasteiger partial charge on any atom is -0.411 e. The second kappa shape index (κ2) is 5.34. The fourth-order valence-electron chi connectivity index (χ4n) is 2.39. The van der Waals surface area contributed by atoms with E-state index in [4.69, 9.17) is 5.21 Å². The molecule has 0 aromatic carbocycles. The molecule has 0 saturated heterocycles. The van der Waals surface area contributed by atoms with Gasteiger partial charge in [-0.15, -0.1) is 0 Å². The van der Waals surface area contributed by atoms with Crippen LogP contribution in [-0.4, -0.2) is 10.9 Å². The Morgan fingerprint density at radius 2 is 2.27 bits per heavy atom. The molecule has 0 amide bonds. The molecular weight excluding hydrogens is 186 g/mol. The maximum Gasteiger partial charge on any atom is 0.0639 e. The zero-order valence-electron chi connectivity index (χ0n) is 10.3. The summed E-state index contributed by atoms with van der Waals surface area (Å²) >= 11 is 0. The average molecular weight is 209 g/mol. The lowest BCUT2D eigenvalue weighted by Crippen LogP contribution is -2.25. The number of hydrogen-bond acceptors (Lipinski definition) is 2. The Hall–Kier alpha value is -0.790. The minimum absolute atomic E-state index is 0.376. The Morgan fingerprint density at radius 1 is 1.60 bits per heavy atom. The van der Waals surface area contributed by atoms with Crippen molar-refractivity contribution < 1.29 is 5.21 Å². The van der Waals surface area contributed by atoms with Crippen molar-refractivity contribution in [1.82, 2.24) is 0 Å². The fourth-order valence-corrected chi connectivity index (χ4v) is 2.39. The Balaban J connectivity index is 2.80. The van der Waals surface area contributed by atoms with E-state index < -0.39 is 0 Å². The second-order valence-electron chi connectivity index (χ2n) is 4.92. The molecule has 2 atom stereocenters. The number of allylic oxidation sites excluding steroid dienone is 2. The highest BCUT2D eigenvalue weighted by Crippen LogP contribution is 2.34. The van der Waals surface area contributed by atoms with E-state index in [-0.39, 0.29) is 0 Å². The van der Waals surface area contributed by atoms with Crippen LogP contribution in [-0.2, 0) is 0 Å². The van der Waals surface area contributed by atoms with Gasteiger partial charge in [0, 0.05) is 5.92 Å². The SMILES string of the molecule is CC/C(=N/O)[C@@H]1C[C@@H](C(C)C)CC=C1C. The van der Waals surface area contributed by atoms with E-state index in [9.17, 15) is 0 Å². The van der Waals surface area contributed by atoms with Crippen LogP contribution in [0.4, 0.5) is 0 Å². The summed E-state index contributed by atoms with van der Waals surface area (Å²) in [4.78, 5) is 0. The van der Waals surface area contributed by atoms with Crippen LogP contribution in [0.5, 0.6) is 0 Å². The standard InChI is InChI=1S/C13H23NO/c1-5-13(14-15)12-8-11(9(2)3)7-6-10(12)4/h6,9,11-12,15H,5,7-8H2,1-4H3/b14-13-/t11-,12+/m0/s1. The molecule has 0 fully saturated rings. The molecule has 0 unspecified atom stereocenters. The summed E-state index contributed by atoms with van der Waals surface area (Å²) in [5, 5.41) is 12.4. The Labute approximate surface area is 93.1 Å². The highest BCUT2D eigenvalue weighted by Gasteiger charge is 2.27. The van der Waals surface area contributed by atoms with Crippen molar-refractivity contribution in [2.75, 3.05) is 0 Å². The third kappa shape index (κ3) is 2.83. The van der Waals surface area contributed by atoms with Gasteiger partial charge in [0.05, 0.1) is 5.71 Å². The first kappa shape index (κ1) is 12.3. The highest BCUT2D eigenvalue weighted by molar-refractivity contribution is 5.88. The molecule has 0 spiro atoms. The third-order valence-corrected chi connectivity index (χ3v) is 3.67. The van der Waals surface area contributed by atoms with Crippen LogP contribution in [0.2, 0.25) is 0 Å². The molecule has 2 heteroatoms. The van der Waals surface area contributed by atoms with Crippen LogP contribution >= 0.6 is 0 Å². The molecule has 0 radical (unpaired) electrons. The zero-order valence-corrected chi connectivity index (χ0v) is 10.3. The lowest BCUT2D eigenvalue weighted by Gasteiger charge is -2.31. The number of hydrogen-bond donors (Lipinski definition) is 1. The van der Waals surface area contributed by atoms with E-state index in [0.717, 1.165) is 24.5 Å². The van der Waals surface area contributed by atoms with Crippen molar-refractivity contribution in [1.29, 1.82) is 0 Å². The quantitative estimate of drug-likeness (QED) is 0.325. The maximum absolute atomic E-state index is 8.98. The molecule has 2 nitrogen and oxygen atoms in total. The predicted octanol–water partition coefficient (Wildman–Crippen LogP) is 3.86.